The van der Waals surface area contributed by atoms with Gasteiger partial charge >= 0.3 is 0 Å². The molecule has 106 valence electrons. The maximum Gasteiger partial charge on any atom is 0.188 e. The Balaban J connectivity index is 2.85. The Morgan fingerprint density at radius 2 is 2.21 bits per heavy atom. The minimum absolute atomic E-state index is 0.173. The molecule has 0 saturated heterocycles. The van der Waals surface area contributed by atoms with Gasteiger partial charge in [-0.2, -0.15) is 0 Å². The highest BCUT2D eigenvalue weighted by atomic mass is 16.5. The van der Waals surface area contributed by atoms with Gasteiger partial charge in [-0.15, -0.1) is 0 Å². The lowest BCUT2D eigenvalue weighted by Crippen LogP contribution is -2.32. The SMILES string of the molecule is CCNC(N)=NCC(c1cccc(OC)c1)N(C)C. The van der Waals surface area contributed by atoms with Crippen molar-refractivity contribution in [1.82, 2.24) is 10.2 Å². The van der Waals surface area contributed by atoms with E-state index in [-0.39, 0.29) is 6.04 Å². The van der Waals surface area contributed by atoms with Crippen molar-refractivity contribution in [2.24, 2.45) is 10.7 Å². The van der Waals surface area contributed by atoms with Crippen molar-refractivity contribution < 1.29 is 4.74 Å². The summed E-state index contributed by atoms with van der Waals surface area (Å²) in [7, 11) is 5.73. The lowest BCUT2D eigenvalue weighted by atomic mass is 10.1. The summed E-state index contributed by atoms with van der Waals surface area (Å²) in [5.74, 6) is 1.34. The number of nitrogens with one attached hydrogen (secondary N) is 1. The number of nitrogens with two attached hydrogens (primary N) is 1. The number of nitrogens with zero attached hydrogens (tertiary/aromatic N) is 2. The van der Waals surface area contributed by atoms with Crippen LogP contribution in [0.3, 0.4) is 0 Å². The fourth-order valence-corrected chi connectivity index (χ4v) is 1.84. The molecule has 5 nitrogen and oxygen atoms in total. The predicted molar refractivity (Wildman–Crippen MR) is 79.6 cm³/mol. The zero-order valence-corrected chi connectivity index (χ0v) is 12.2. The third-order valence-electron chi connectivity index (χ3n) is 2.89. The first-order valence-corrected chi connectivity index (χ1v) is 6.42. The Labute approximate surface area is 115 Å². The molecule has 1 unspecified atom stereocenters. The van der Waals surface area contributed by atoms with Crippen LogP contribution in [0.2, 0.25) is 0 Å². The number of rotatable bonds is 6. The third kappa shape index (κ3) is 4.79. The van der Waals surface area contributed by atoms with E-state index in [2.05, 4.69) is 21.3 Å². The van der Waals surface area contributed by atoms with E-state index >= 15 is 0 Å². The van der Waals surface area contributed by atoms with E-state index in [1.54, 1.807) is 7.11 Å². The van der Waals surface area contributed by atoms with Crippen molar-refractivity contribution in [3.63, 3.8) is 0 Å². The van der Waals surface area contributed by atoms with Gasteiger partial charge in [0.25, 0.3) is 0 Å². The summed E-state index contributed by atoms with van der Waals surface area (Å²) in [6.45, 7) is 3.38. The van der Waals surface area contributed by atoms with Crippen LogP contribution in [-0.2, 0) is 0 Å². The minimum Gasteiger partial charge on any atom is -0.497 e. The molecule has 19 heavy (non-hydrogen) atoms. The average Bonchev–Trinajstić information content (AvgIpc) is 2.39. The second kappa shape index (κ2) is 7.63. The molecule has 3 N–H and O–H groups in total. The van der Waals surface area contributed by atoms with Crippen LogP contribution < -0.4 is 15.8 Å². The van der Waals surface area contributed by atoms with E-state index in [0.29, 0.717) is 12.5 Å². The molecular weight excluding hydrogens is 240 g/mol. The van der Waals surface area contributed by atoms with Crippen LogP contribution in [0, 0.1) is 0 Å². The van der Waals surface area contributed by atoms with Crippen LogP contribution in [0.4, 0.5) is 0 Å². The number of ether oxygens (including phenoxy) is 1. The molecular formula is C14H24N4O. The van der Waals surface area contributed by atoms with Crippen LogP contribution >= 0.6 is 0 Å². The Bertz CT molecular complexity index is 418. The molecule has 1 rings (SSSR count). The predicted octanol–water partition coefficient (Wildman–Crippen LogP) is 1.22. The first kappa shape index (κ1) is 15.3. The third-order valence-corrected chi connectivity index (χ3v) is 2.89. The molecule has 5 heteroatoms. The van der Waals surface area contributed by atoms with Crippen molar-refractivity contribution in [1.29, 1.82) is 0 Å². The Kier molecular flexibility index (Phi) is 6.15. The highest BCUT2D eigenvalue weighted by molar-refractivity contribution is 5.77. The standard InChI is InChI=1S/C14H24N4O/c1-5-16-14(15)17-10-13(18(2)3)11-7-6-8-12(9-11)19-4/h6-9,13H,5,10H2,1-4H3,(H3,15,16,17). The lowest BCUT2D eigenvalue weighted by Gasteiger charge is -2.23. The Hall–Kier alpha value is -1.75. The monoisotopic (exact) mass is 264 g/mol. The summed E-state index contributed by atoms with van der Waals surface area (Å²) in [4.78, 5) is 6.49. The molecule has 0 aliphatic carbocycles. The number of benzene rings is 1. The molecule has 0 spiro atoms. The molecule has 0 aliphatic heterocycles. The molecule has 1 atom stereocenters. The molecule has 0 bridgehead atoms. The molecule has 0 heterocycles. The highest BCUT2D eigenvalue weighted by Gasteiger charge is 2.14. The smallest absolute Gasteiger partial charge is 0.188 e. The highest BCUT2D eigenvalue weighted by Crippen LogP contribution is 2.22. The largest absolute Gasteiger partial charge is 0.497 e. The second-order valence-electron chi connectivity index (χ2n) is 4.51. The average molecular weight is 264 g/mol. The number of guanidine groups is 1. The van der Waals surface area contributed by atoms with Crippen LogP contribution in [0.5, 0.6) is 5.75 Å². The number of hydrogen-bond acceptors (Lipinski definition) is 3. The van der Waals surface area contributed by atoms with Crippen LogP contribution in [0.25, 0.3) is 0 Å². The quantitative estimate of drug-likeness (QED) is 0.599. The summed E-state index contributed by atoms with van der Waals surface area (Å²) in [6.07, 6.45) is 0. The van der Waals surface area contributed by atoms with Gasteiger partial charge in [0.05, 0.1) is 19.7 Å². The van der Waals surface area contributed by atoms with Crippen LogP contribution in [0.15, 0.2) is 29.3 Å². The first-order valence-electron chi connectivity index (χ1n) is 6.42. The van der Waals surface area contributed by atoms with E-state index in [0.717, 1.165) is 17.9 Å². The molecule has 0 fully saturated rings. The minimum atomic E-state index is 0.173. The molecule has 1 aromatic carbocycles. The van der Waals surface area contributed by atoms with Crippen LogP contribution in [-0.4, -0.2) is 45.2 Å². The normalized spacial score (nSPS) is 13.4. The van der Waals surface area contributed by atoms with Gasteiger partial charge in [0.15, 0.2) is 5.96 Å². The van der Waals surface area contributed by atoms with Gasteiger partial charge in [0.2, 0.25) is 0 Å². The Morgan fingerprint density at radius 1 is 1.47 bits per heavy atom. The van der Waals surface area contributed by atoms with Gasteiger partial charge < -0.3 is 20.7 Å². The fraction of sp³-hybridized carbons (Fsp3) is 0.500. The number of methoxy groups -OCH3 is 1. The summed E-state index contributed by atoms with van der Waals surface area (Å²) in [6, 6.07) is 8.21. The molecule has 0 saturated carbocycles. The summed E-state index contributed by atoms with van der Waals surface area (Å²) >= 11 is 0. The molecule has 0 aromatic heterocycles. The lowest BCUT2D eigenvalue weighted by molar-refractivity contribution is 0.305. The summed E-state index contributed by atoms with van der Waals surface area (Å²) < 4.78 is 5.26. The van der Waals surface area contributed by atoms with Gasteiger partial charge in [0, 0.05) is 6.54 Å². The number of likely N-dealkylation sites (N-methyl/N-ethyl adjacent to an activating group) is 1. The zero-order chi connectivity index (χ0) is 14.3. The molecule has 0 radical (unpaired) electrons. The zero-order valence-electron chi connectivity index (χ0n) is 12.2. The topological polar surface area (TPSA) is 62.9 Å². The van der Waals surface area contributed by atoms with Gasteiger partial charge in [-0.25, -0.2) is 0 Å². The van der Waals surface area contributed by atoms with Crippen LogP contribution in [0.1, 0.15) is 18.5 Å². The van der Waals surface area contributed by atoms with Gasteiger partial charge in [-0.05, 0) is 38.7 Å². The number of aliphatic imine (C=N–C) groups is 1. The van der Waals surface area contributed by atoms with Crippen molar-refractivity contribution in [3.8, 4) is 5.75 Å². The maximum atomic E-state index is 5.76. The first-order chi connectivity index (χ1) is 9.08. The molecule has 0 aliphatic rings. The van der Waals surface area contributed by atoms with E-state index in [4.69, 9.17) is 10.5 Å². The van der Waals surface area contributed by atoms with E-state index in [1.165, 1.54) is 0 Å². The Morgan fingerprint density at radius 3 is 2.79 bits per heavy atom. The van der Waals surface area contributed by atoms with E-state index in [1.807, 2.05) is 39.2 Å². The molecule has 1 aromatic rings. The number of hydrogen-bond donors (Lipinski definition) is 2. The summed E-state index contributed by atoms with van der Waals surface area (Å²) in [5.41, 5.74) is 6.93. The maximum absolute atomic E-state index is 5.76. The van der Waals surface area contributed by atoms with Gasteiger partial charge in [-0.3, -0.25) is 4.99 Å². The van der Waals surface area contributed by atoms with E-state index < -0.39 is 0 Å². The van der Waals surface area contributed by atoms with Crippen molar-refractivity contribution >= 4 is 5.96 Å². The van der Waals surface area contributed by atoms with Gasteiger partial charge in [0.1, 0.15) is 5.75 Å². The second-order valence-corrected chi connectivity index (χ2v) is 4.51. The fourth-order valence-electron chi connectivity index (χ4n) is 1.84. The summed E-state index contributed by atoms with van der Waals surface area (Å²) in [5, 5.41) is 3.00. The van der Waals surface area contributed by atoms with Gasteiger partial charge in [-0.1, -0.05) is 12.1 Å². The molecule has 0 amide bonds. The van der Waals surface area contributed by atoms with Crippen molar-refractivity contribution in [2.45, 2.75) is 13.0 Å². The van der Waals surface area contributed by atoms with Crippen molar-refractivity contribution in [3.05, 3.63) is 29.8 Å². The van der Waals surface area contributed by atoms with E-state index in [9.17, 15) is 0 Å². The van der Waals surface area contributed by atoms with Crippen molar-refractivity contribution in [2.75, 3.05) is 34.3 Å².